The molecule has 0 aromatic heterocycles. The summed E-state index contributed by atoms with van der Waals surface area (Å²) in [5.74, 6) is -0.250. The molecule has 9 heavy (non-hydrogen) atoms. The zero-order chi connectivity index (χ0) is 6.57. The third-order valence-electron chi connectivity index (χ3n) is 0.588. The van der Waals surface area contributed by atoms with Crippen molar-refractivity contribution in [3.8, 4) is 0 Å². The average molecular weight is 122 g/mol. The molecule has 0 atom stereocenters. The van der Waals surface area contributed by atoms with Crippen LogP contribution in [0.2, 0.25) is 0 Å². The van der Waals surface area contributed by atoms with E-state index in [4.69, 9.17) is 4.74 Å². The first-order valence-electron chi connectivity index (χ1n) is 2.66. The molecule has 0 aliphatic heterocycles. The van der Waals surface area contributed by atoms with Crippen molar-refractivity contribution in [2.45, 2.75) is 26.9 Å². The molecule has 0 aliphatic carbocycles. The van der Waals surface area contributed by atoms with E-state index < -0.39 is 0 Å². The second-order valence-corrected chi connectivity index (χ2v) is 1.77. The van der Waals surface area contributed by atoms with E-state index in [1.165, 1.54) is 6.08 Å². The third kappa shape index (κ3) is 7.94. The van der Waals surface area contributed by atoms with Gasteiger partial charge in [0.2, 0.25) is 0 Å². The van der Waals surface area contributed by atoms with Gasteiger partial charge >= 0.3 is 18.9 Å². The summed E-state index contributed by atoms with van der Waals surface area (Å²) in [7, 11) is 0. The summed E-state index contributed by atoms with van der Waals surface area (Å²) in [6, 6.07) is 0. The summed E-state index contributed by atoms with van der Waals surface area (Å²) in [6.07, 6.45) is 1.40. The van der Waals surface area contributed by atoms with Crippen molar-refractivity contribution in [1.29, 1.82) is 0 Å². The summed E-state index contributed by atoms with van der Waals surface area (Å²) in [4.78, 5) is 0. The molecule has 0 saturated heterocycles. The molecule has 0 bridgehead atoms. The number of rotatable bonds is 2. The fourth-order valence-electron chi connectivity index (χ4n) is 0.300. The van der Waals surface area contributed by atoms with E-state index in [9.17, 15) is 5.11 Å². The molecule has 0 aromatic rings. The largest absolute Gasteiger partial charge is 1.00 e. The third-order valence-corrected chi connectivity index (χ3v) is 0.588. The molecular formula is C6H11LiO2. The molecule has 0 rings (SSSR count). The predicted molar refractivity (Wildman–Crippen MR) is 30.0 cm³/mol. The van der Waals surface area contributed by atoms with Gasteiger partial charge in [-0.25, -0.2) is 0 Å². The van der Waals surface area contributed by atoms with Gasteiger partial charge in [0.25, 0.3) is 0 Å². The molecule has 48 valence electrons. The van der Waals surface area contributed by atoms with Gasteiger partial charge in [0.05, 0.1) is 0 Å². The number of allylic oxidation sites excluding steroid dienone is 1. The maximum atomic E-state index is 10.3. The van der Waals surface area contributed by atoms with Gasteiger partial charge in [0.1, 0.15) is 0 Å². The van der Waals surface area contributed by atoms with Crippen LogP contribution in [0.5, 0.6) is 0 Å². The Morgan fingerprint density at radius 1 is 1.56 bits per heavy atom. The predicted octanol–water partition coefficient (Wildman–Crippen LogP) is -2.36. The van der Waals surface area contributed by atoms with Crippen LogP contribution in [-0.4, -0.2) is 6.10 Å². The van der Waals surface area contributed by atoms with Crippen LogP contribution in [0.15, 0.2) is 12.0 Å². The van der Waals surface area contributed by atoms with E-state index in [0.717, 1.165) is 0 Å². The first-order chi connectivity index (χ1) is 3.66. The molecule has 0 aliphatic rings. The van der Waals surface area contributed by atoms with Gasteiger partial charge in [0, 0.05) is 5.95 Å². The van der Waals surface area contributed by atoms with Gasteiger partial charge in [-0.05, 0) is 13.0 Å². The maximum Gasteiger partial charge on any atom is 1.00 e. The van der Waals surface area contributed by atoms with Crippen molar-refractivity contribution in [2.24, 2.45) is 0 Å². The minimum atomic E-state index is -0.250. The van der Waals surface area contributed by atoms with E-state index >= 15 is 0 Å². The van der Waals surface area contributed by atoms with Gasteiger partial charge in [-0.2, -0.15) is 0 Å². The Kier molecular flexibility index (Phi) is 7.88. The molecule has 0 unspecified atom stereocenters. The second kappa shape index (κ2) is 6.06. The van der Waals surface area contributed by atoms with E-state index in [-0.39, 0.29) is 30.9 Å². The number of hydrogen-bond acceptors (Lipinski definition) is 2. The molecular weight excluding hydrogens is 111 g/mol. The molecule has 0 amide bonds. The molecule has 3 heteroatoms. The van der Waals surface area contributed by atoms with Crippen LogP contribution in [-0.2, 0) is 4.74 Å². The van der Waals surface area contributed by atoms with Crippen LogP contribution in [0.1, 0.15) is 20.8 Å². The second-order valence-electron chi connectivity index (χ2n) is 1.77. The van der Waals surface area contributed by atoms with Crippen molar-refractivity contribution in [1.82, 2.24) is 0 Å². The van der Waals surface area contributed by atoms with E-state index in [2.05, 4.69) is 0 Å². The summed E-state index contributed by atoms with van der Waals surface area (Å²) in [5, 5.41) is 10.3. The first-order valence-corrected chi connectivity index (χ1v) is 2.66. The van der Waals surface area contributed by atoms with E-state index in [1.807, 2.05) is 13.8 Å². The Morgan fingerprint density at radius 3 is 2.11 bits per heavy atom. The first kappa shape index (κ1) is 11.7. The summed E-state index contributed by atoms with van der Waals surface area (Å²) >= 11 is 0. The fourth-order valence-corrected chi connectivity index (χ4v) is 0.300. The van der Waals surface area contributed by atoms with Crippen LogP contribution in [0.3, 0.4) is 0 Å². The van der Waals surface area contributed by atoms with Gasteiger partial charge in [0.15, 0.2) is 0 Å². The molecule has 0 N–H and O–H groups in total. The Bertz CT molecular complexity index is 89.1. The quantitative estimate of drug-likeness (QED) is 0.303. The molecule has 0 spiro atoms. The van der Waals surface area contributed by atoms with E-state index in [1.54, 1.807) is 6.92 Å². The van der Waals surface area contributed by atoms with Crippen molar-refractivity contribution < 1.29 is 28.7 Å². The Labute approximate surface area is 68.1 Å². The molecule has 0 heterocycles. The topological polar surface area (TPSA) is 32.3 Å². The van der Waals surface area contributed by atoms with Crippen LogP contribution in [0, 0.1) is 0 Å². The molecule has 0 fully saturated rings. The van der Waals surface area contributed by atoms with Crippen molar-refractivity contribution in [3.05, 3.63) is 12.0 Å². The van der Waals surface area contributed by atoms with Gasteiger partial charge in [-0.15, -0.1) is 0 Å². The molecule has 0 aromatic carbocycles. The zero-order valence-corrected chi connectivity index (χ0v) is 6.47. The molecule has 0 saturated carbocycles. The molecule has 2 nitrogen and oxygen atoms in total. The summed E-state index contributed by atoms with van der Waals surface area (Å²) < 4.78 is 4.70. The Balaban J connectivity index is 0. The monoisotopic (exact) mass is 122 g/mol. The minimum Gasteiger partial charge on any atom is -0.611 e. The maximum absolute atomic E-state index is 10.3. The number of ether oxygens (including phenoxy) is 1. The van der Waals surface area contributed by atoms with E-state index in [0.29, 0.717) is 0 Å². The van der Waals surface area contributed by atoms with Crippen molar-refractivity contribution in [2.75, 3.05) is 0 Å². The van der Waals surface area contributed by atoms with Crippen LogP contribution in [0.4, 0.5) is 0 Å². The van der Waals surface area contributed by atoms with Gasteiger partial charge in [-0.1, -0.05) is 19.9 Å². The van der Waals surface area contributed by atoms with Crippen LogP contribution in [0.25, 0.3) is 0 Å². The SMILES string of the molecule is C/C=C(\[O-])OC(C)C.[Li+]. The Morgan fingerprint density at radius 2 is 2.00 bits per heavy atom. The average Bonchev–Trinajstić information content (AvgIpc) is 1.65. The summed E-state index contributed by atoms with van der Waals surface area (Å²) in [5.41, 5.74) is 0. The molecule has 0 radical (unpaired) electrons. The van der Waals surface area contributed by atoms with Gasteiger partial charge in [-0.3, -0.25) is 0 Å². The van der Waals surface area contributed by atoms with Crippen molar-refractivity contribution in [3.63, 3.8) is 0 Å². The van der Waals surface area contributed by atoms with Gasteiger partial charge < -0.3 is 9.84 Å². The summed E-state index contributed by atoms with van der Waals surface area (Å²) in [6.45, 7) is 5.30. The standard InChI is InChI=1S/C6H12O2.Li/c1-4-6(7)8-5(2)3;/h4-5,7H,1-3H3;/q;+1/p-1/b6-4+;. The zero-order valence-electron chi connectivity index (χ0n) is 6.47. The van der Waals surface area contributed by atoms with Crippen molar-refractivity contribution >= 4 is 0 Å². The fraction of sp³-hybridized carbons (Fsp3) is 0.667. The smallest absolute Gasteiger partial charge is 0.611 e. The van der Waals surface area contributed by atoms with Crippen LogP contribution < -0.4 is 24.0 Å². The minimum absolute atomic E-state index is 0. The Hall–Kier alpha value is -0.0626. The normalized spacial score (nSPS) is 10.9. The number of hydrogen-bond donors (Lipinski definition) is 0. The van der Waals surface area contributed by atoms with Crippen LogP contribution >= 0.6 is 0 Å².